The number of rotatable bonds is 9. The molecule has 8 amide bonds. The summed E-state index contributed by atoms with van der Waals surface area (Å²) in [7, 11) is 0. The molecule has 4 N–H and O–H groups in total. The summed E-state index contributed by atoms with van der Waals surface area (Å²) in [4.78, 5) is 115. The SMILES string of the molecule is CC[C@@H]1CN(c2ccc3c(n2)N(C(=O)Nc2cnccn2)[C@H]2CCN3C2)CCO1.Cc1ccc(-c2cc(C)c3c(n2)N(C(=O)Nc2cccnc2)[C@H]2CCN3C2)cn1.Cc1ccc(-c2ccc3c(n2)N(C(=O)NC2CCCOC2)[C@H]2CCN3C2)cn1.Cc1ccc(-c2ccc3c(n2)N(C(=O)NCC(F)(F)F)[C@H]2CCN3C2)cn1. The van der Waals surface area contributed by atoms with Crippen molar-refractivity contribution in [2.24, 2.45) is 0 Å². The van der Waals surface area contributed by atoms with Crippen LogP contribution in [0.2, 0.25) is 0 Å². The van der Waals surface area contributed by atoms with E-state index in [2.05, 4.69) is 113 Å². The summed E-state index contributed by atoms with van der Waals surface area (Å²) in [5, 5.41) is 11.0. The maximum absolute atomic E-state index is 13.2. The number of morpholine rings is 1. The van der Waals surface area contributed by atoms with Crippen LogP contribution in [0.5, 0.6) is 0 Å². The molecule has 8 bridgehead atoms. The van der Waals surface area contributed by atoms with E-state index >= 15 is 0 Å². The first-order chi connectivity index (χ1) is 54.8. The number of halogens is 3. The van der Waals surface area contributed by atoms with E-state index in [9.17, 15) is 32.3 Å². The van der Waals surface area contributed by atoms with Crippen LogP contribution in [0.3, 0.4) is 0 Å². The second kappa shape index (κ2) is 32.4. The Bertz CT molecular complexity index is 4940. The summed E-state index contributed by atoms with van der Waals surface area (Å²) < 4.78 is 48.9. The number of nitrogens with zero attached hydrogens (tertiary/aromatic N) is 19. The number of hydrogen-bond donors (Lipinski definition) is 4. The zero-order chi connectivity index (χ0) is 78.0. The highest BCUT2D eigenvalue weighted by molar-refractivity contribution is 6.06. The Labute approximate surface area is 652 Å². The zero-order valence-electron chi connectivity index (χ0n) is 63.7. The fourth-order valence-corrected chi connectivity index (χ4v) is 16.4. The molecule has 9 aromatic rings. The first-order valence-electron chi connectivity index (χ1n) is 38.7. The summed E-state index contributed by atoms with van der Waals surface area (Å²) >= 11 is 0. The average Bonchev–Trinajstić information content (AvgIpc) is 1.65. The quantitative estimate of drug-likeness (QED) is 0.104. The van der Waals surface area contributed by atoms with Gasteiger partial charge in [-0.25, -0.2) is 44.1 Å². The van der Waals surface area contributed by atoms with Crippen LogP contribution in [0.25, 0.3) is 33.8 Å². The van der Waals surface area contributed by atoms with Gasteiger partial charge in [0.25, 0.3) is 0 Å². The predicted octanol–water partition coefficient (Wildman–Crippen LogP) is 11.8. The zero-order valence-corrected chi connectivity index (χ0v) is 63.7. The van der Waals surface area contributed by atoms with Crippen LogP contribution >= 0.6 is 0 Å². The van der Waals surface area contributed by atoms with Gasteiger partial charge in [-0.3, -0.25) is 49.8 Å². The number of anilines is 11. The van der Waals surface area contributed by atoms with Crippen molar-refractivity contribution in [3.63, 3.8) is 0 Å². The Morgan fingerprint density at radius 1 is 0.496 bits per heavy atom. The standard InChI is InChI=1S/C22H22N6O.C21H25N5O2.C20H25N7O2.C18H18F3N5O/c1-14-10-19(16-6-5-15(2)24-11-16)26-21-20(14)27-9-7-18(13-27)28(21)22(29)25-17-4-3-8-23-12-17;1-14-4-5-15(11-22-14)18-6-7-19-20(24-18)26(17-8-9-25(19)12-17)21(27)23-16-3-2-10-28-13-16;1-2-15-13-26(9-10-29-15)18-4-3-16-19(24-18)27(14-5-8-25(16)12-14)20(28)23-17-11-21-6-7-22-17;1-11-2-3-12(8-22-11)14-4-5-15-16(24-14)26(13-6-7-25(15)9-13)17(27)23-10-18(19,20)21/h3-6,8,10-12,18H,7,9,13H2,1-2H3,(H,25,29);4-7,11,16-17H,2-3,8-10,12-13H2,1H3,(H,23,27);3-4,6-7,11,14-15H,2,5,8-10,12-13H2,1H3,(H,22,23,28);2-5,8,13H,6-7,9-10H2,1H3,(H,23,27)/t18-;16?,17-;14-,15+;13-/m0000/s1. The minimum atomic E-state index is -4.46. The van der Waals surface area contributed by atoms with Crippen molar-refractivity contribution in [1.82, 2.24) is 60.5 Å². The smallest absolute Gasteiger partial charge is 0.379 e. The number of pyridine rings is 8. The van der Waals surface area contributed by atoms with Crippen molar-refractivity contribution in [1.29, 1.82) is 0 Å². The van der Waals surface area contributed by atoms with Crippen molar-refractivity contribution in [3.05, 3.63) is 163 Å². The van der Waals surface area contributed by atoms with Crippen LogP contribution in [0.15, 0.2) is 141 Å². The van der Waals surface area contributed by atoms with Crippen molar-refractivity contribution in [2.75, 3.05) is 147 Å². The number of nitrogens with one attached hydrogen (secondary N) is 4. The first kappa shape index (κ1) is 75.1. The van der Waals surface area contributed by atoms with E-state index < -0.39 is 18.8 Å². The third kappa shape index (κ3) is 16.3. The molecular formula is C81H90F3N23O6. The molecule has 113 heavy (non-hydrogen) atoms. The molecule has 0 spiro atoms. The van der Waals surface area contributed by atoms with Gasteiger partial charge in [-0.1, -0.05) is 6.92 Å². The van der Waals surface area contributed by atoms with Gasteiger partial charge >= 0.3 is 30.3 Å². The lowest BCUT2D eigenvalue weighted by atomic mass is 10.1. The molecule has 9 aromatic heterocycles. The summed E-state index contributed by atoms with van der Waals surface area (Å²) in [6, 6.07) is 28.5. The Morgan fingerprint density at radius 3 is 1.57 bits per heavy atom. The molecule has 19 rings (SSSR count). The van der Waals surface area contributed by atoms with Crippen LogP contribution in [0.1, 0.15) is 74.5 Å². The van der Waals surface area contributed by atoms with E-state index in [-0.39, 0.29) is 54.4 Å². The van der Waals surface area contributed by atoms with Crippen LogP contribution in [-0.2, 0) is 9.47 Å². The molecular weight excluding hydrogens is 1450 g/mol. The summed E-state index contributed by atoms with van der Waals surface area (Å²) in [5.74, 6) is 3.91. The van der Waals surface area contributed by atoms with Crippen molar-refractivity contribution in [2.45, 2.75) is 122 Å². The second-order valence-corrected chi connectivity index (χ2v) is 29.9. The number of ether oxygens (including phenoxy) is 2. The number of hydrogen-bond acceptors (Lipinski definition) is 21. The van der Waals surface area contributed by atoms with E-state index in [4.69, 9.17) is 24.4 Å². The molecule has 6 atom stereocenters. The second-order valence-electron chi connectivity index (χ2n) is 29.9. The number of carbonyl (C=O) groups excluding carboxylic acids is 4. The molecule has 1 unspecified atom stereocenters. The van der Waals surface area contributed by atoms with Crippen molar-refractivity contribution >= 4 is 87.5 Å². The van der Waals surface area contributed by atoms with Crippen LogP contribution in [0, 0.1) is 27.7 Å². The van der Waals surface area contributed by atoms with Crippen LogP contribution < -0.4 is 65.4 Å². The molecule has 19 heterocycles. The highest BCUT2D eigenvalue weighted by Gasteiger charge is 2.46. The number of alkyl halides is 3. The molecule has 29 nitrogen and oxygen atoms in total. The summed E-state index contributed by atoms with van der Waals surface area (Å²) in [5.41, 5.74) is 13.4. The Hall–Kier alpha value is -11.9. The lowest BCUT2D eigenvalue weighted by Crippen LogP contribution is -2.54. The molecule has 10 aliphatic heterocycles. The van der Waals surface area contributed by atoms with Gasteiger partial charge < -0.3 is 49.9 Å². The molecule has 6 saturated heterocycles. The lowest BCUT2D eigenvalue weighted by Gasteiger charge is -2.38. The van der Waals surface area contributed by atoms with E-state index in [0.29, 0.717) is 49.2 Å². The van der Waals surface area contributed by atoms with E-state index in [1.807, 2.05) is 115 Å². The minimum absolute atomic E-state index is 0.0602. The monoisotopic (exact) mass is 1540 g/mol. The number of fused-ring (bicyclic) bond motifs is 16. The van der Waals surface area contributed by atoms with Gasteiger partial charge in [0, 0.05) is 143 Å². The maximum atomic E-state index is 13.2. The molecule has 6 fully saturated rings. The highest BCUT2D eigenvalue weighted by Crippen LogP contribution is 2.46. The first-order valence-corrected chi connectivity index (χ1v) is 38.7. The van der Waals surface area contributed by atoms with Gasteiger partial charge in [0.2, 0.25) is 0 Å². The van der Waals surface area contributed by atoms with Gasteiger partial charge in [-0.2, -0.15) is 13.2 Å². The number of amides is 8. The van der Waals surface area contributed by atoms with Crippen molar-refractivity contribution in [3.8, 4) is 33.8 Å². The minimum Gasteiger partial charge on any atom is -0.379 e. The van der Waals surface area contributed by atoms with E-state index in [1.54, 1.807) is 42.1 Å². The molecule has 0 saturated carbocycles. The normalized spacial score (nSPS) is 20.6. The van der Waals surface area contributed by atoms with Gasteiger partial charge in [-0.05, 0) is 169 Å². The molecule has 32 heteroatoms. The lowest BCUT2D eigenvalue weighted by molar-refractivity contribution is -0.122. The summed E-state index contributed by atoms with van der Waals surface area (Å²) in [6.45, 7) is 19.1. The predicted molar refractivity (Wildman–Crippen MR) is 426 cm³/mol. The largest absolute Gasteiger partial charge is 0.405 e. The third-order valence-corrected chi connectivity index (χ3v) is 22.1. The molecule has 0 aromatic carbocycles. The summed E-state index contributed by atoms with van der Waals surface area (Å²) in [6.07, 6.45) is 15.6. The van der Waals surface area contributed by atoms with Gasteiger partial charge in [0.15, 0.2) is 29.1 Å². The topological polar surface area (TPSA) is 293 Å². The van der Waals surface area contributed by atoms with Gasteiger partial charge in [0.05, 0.1) is 107 Å². The Morgan fingerprint density at radius 2 is 1.03 bits per heavy atom. The molecule has 586 valence electrons. The van der Waals surface area contributed by atoms with E-state index in [0.717, 1.165) is 201 Å². The maximum Gasteiger partial charge on any atom is 0.405 e. The number of urea groups is 4. The highest BCUT2D eigenvalue weighted by atomic mass is 19.4. The van der Waals surface area contributed by atoms with E-state index in [1.165, 1.54) is 4.90 Å². The number of aryl methyl sites for hydroxylation is 4. The molecule has 10 aliphatic rings. The Kier molecular flexibility index (Phi) is 21.6. The Balaban J connectivity index is 0.000000114. The average molecular weight is 1540 g/mol. The van der Waals surface area contributed by atoms with Crippen LogP contribution in [-0.4, -0.2) is 208 Å². The number of aromatic nitrogens is 10. The molecule has 0 radical (unpaired) electrons. The van der Waals surface area contributed by atoms with Gasteiger partial charge in [0.1, 0.15) is 12.4 Å². The third-order valence-electron chi connectivity index (χ3n) is 22.1. The fourth-order valence-electron chi connectivity index (χ4n) is 16.4. The molecule has 0 aliphatic carbocycles. The van der Waals surface area contributed by atoms with Crippen LogP contribution in [0.4, 0.5) is 95.7 Å². The van der Waals surface area contributed by atoms with Gasteiger partial charge in [-0.15, -0.1) is 0 Å². The van der Waals surface area contributed by atoms with Crippen molar-refractivity contribution < 1.29 is 41.8 Å². The fraction of sp³-hybridized carbons (Fsp3) is 0.407. The number of carbonyl (C=O) groups is 4.